The van der Waals surface area contributed by atoms with Crippen molar-refractivity contribution >= 4 is 17.7 Å². The molecular weight excluding hydrogens is 241 g/mol. The van der Waals surface area contributed by atoms with E-state index in [0.29, 0.717) is 13.0 Å². The van der Waals surface area contributed by atoms with Gasteiger partial charge in [-0.25, -0.2) is 14.2 Å². The molecule has 2 heterocycles. The van der Waals surface area contributed by atoms with Crippen LogP contribution in [0.25, 0.3) is 0 Å². The lowest BCUT2D eigenvalue weighted by Gasteiger charge is -2.18. The van der Waals surface area contributed by atoms with Crippen LogP contribution in [0.3, 0.4) is 0 Å². The predicted octanol–water partition coefficient (Wildman–Crippen LogP) is 0.230. The van der Waals surface area contributed by atoms with Crippen molar-refractivity contribution in [2.75, 3.05) is 18.0 Å². The van der Waals surface area contributed by atoms with E-state index < -0.39 is 23.3 Å². The molecule has 1 aliphatic rings. The van der Waals surface area contributed by atoms with Gasteiger partial charge in [0.05, 0.1) is 5.92 Å². The molecule has 1 fully saturated rings. The minimum absolute atomic E-state index is 0.0429. The van der Waals surface area contributed by atoms with E-state index in [1.165, 1.54) is 11.1 Å². The van der Waals surface area contributed by atoms with Crippen molar-refractivity contribution < 1.29 is 19.1 Å². The number of carboxylic acid groups (broad SMARTS) is 1. The van der Waals surface area contributed by atoms with Crippen LogP contribution < -0.4 is 10.6 Å². The number of anilines is 1. The minimum atomic E-state index is -1.35. The second-order valence-electron chi connectivity index (χ2n) is 4.14. The number of aromatic carboxylic acids is 1. The van der Waals surface area contributed by atoms with E-state index >= 15 is 0 Å². The fourth-order valence-corrected chi connectivity index (χ4v) is 2.00. The van der Waals surface area contributed by atoms with E-state index in [1.54, 1.807) is 0 Å². The van der Waals surface area contributed by atoms with E-state index in [4.69, 9.17) is 10.8 Å². The number of amides is 1. The maximum Gasteiger partial charge on any atom is 0.338 e. The van der Waals surface area contributed by atoms with Crippen molar-refractivity contribution in [3.05, 3.63) is 23.6 Å². The number of hydrogen-bond acceptors (Lipinski definition) is 4. The molecule has 7 heteroatoms. The first-order valence-electron chi connectivity index (χ1n) is 5.42. The number of nitrogens with two attached hydrogens (primary N) is 1. The maximum absolute atomic E-state index is 13.9. The number of nitrogens with zero attached hydrogens (tertiary/aromatic N) is 2. The Morgan fingerprint density at radius 2 is 2.28 bits per heavy atom. The van der Waals surface area contributed by atoms with Gasteiger partial charge in [0.1, 0.15) is 5.56 Å². The minimum Gasteiger partial charge on any atom is -0.478 e. The van der Waals surface area contributed by atoms with Crippen LogP contribution in [0.4, 0.5) is 10.2 Å². The second-order valence-corrected chi connectivity index (χ2v) is 4.14. The lowest BCUT2D eigenvalue weighted by molar-refractivity contribution is -0.121. The molecule has 96 valence electrons. The smallest absolute Gasteiger partial charge is 0.338 e. The molecule has 1 amide bonds. The largest absolute Gasteiger partial charge is 0.478 e. The highest BCUT2D eigenvalue weighted by Gasteiger charge is 2.30. The number of carbonyl (C=O) groups is 2. The van der Waals surface area contributed by atoms with Gasteiger partial charge in [-0.05, 0) is 12.5 Å². The summed E-state index contributed by atoms with van der Waals surface area (Å²) in [5.41, 5.74) is 4.75. The van der Waals surface area contributed by atoms with Gasteiger partial charge in [0.15, 0.2) is 11.6 Å². The lowest BCUT2D eigenvalue weighted by atomic mass is 10.1. The quantitative estimate of drug-likeness (QED) is 0.803. The summed E-state index contributed by atoms with van der Waals surface area (Å²) in [6.45, 7) is 0.697. The zero-order valence-electron chi connectivity index (χ0n) is 9.47. The summed E-state index contributed by atoms with van der Waals surface area (Å²) in [6.07, 6.45) is 1.76. The van der Waals surface area contributed by atoms with Crippen LogP contribution in [0.2, 0.25) is 0 Å². The van der Waals surface area contributed by atoms with Gasteiger partial charge in [0.2, 0.25) is 5.91 Å². The molecule has 3 N–H and O–H groups in total. The van der Waals surface area contributed by atoms with E-state index in [1.807, 2.05) is 0 Å². The number of aromatic nitrogens is 1. The summed E-state index contributed by atoms with van der Waals surface area (Å²) in [4.78, 5) is 27.2. The molecule has 0 radical (unpaired) electrons. The van der Waals surface area contributed by atoms with Crippen LogP contribution in [0.1, 0.15) is 16.8 Å². The van der Waals surface area contributed by atoms with Gasteiger partial charge in [-0.3, -0.25) is 4.79 Å². The highest BCUT2D eigenvalue weighted by Crippen LogP contribution is 2.25. The molecule has 18 heavy (non-hydrogen) atoms. The third-order valence-electron chi connectivity index (χ3n) is 2.99. The van der Waals surface area contributed by atoms with Crippen LogP contribution in [0, 0.1) is 11.7 Å². The molecule has 0 aromatic carbocycles. The molecule has 0 spiro atoms. The first-order valence-corrected chi connectivity index (χ1v) is 5.42. The fourth-order valence-electron chi connectivity index (χ4n) is 2.00. The molecule has 1 saturated heterocycles. The summed E-state index contributed by atoms with van der Waals surface area (Å²) in [5.74, 6) is -3.05. The Kier molecular flexibility index (Phi) is 3.14. The first kappa shape index (κ1) is 12.3. The van der Waals surface area contributed by atoms with Crippen LogP contribution in [-0.2, 0) is 4.79 Å². The molecule has 1 aliphatic heterocycles. The fraction of sp³-hybridized carbons (Fsp3) is 0.364. The van der Waals surface area contributed by atoms with E-state index in [-0.39, 0.29) is 18.3 Å². The molecule has 1 aromatic heterocycles. The van der Waals surface area contributed by atoms with Gasteiger partial charge < -0.3 is 15.7 Å². The average Bonchev–Trinajstić information content (AvgIpc) is 2.78. The Hall–Kier alpha value is -2.18. The summed E-state index contributed by atoms with van der Waals surface area (Å²) in [6, 6.07) is 1.10. The van der Waals surface area contributed by atoms with Crippen molar-refractivity contribution in [2.24, 2.45) is 11.7 Å². The third-order valence-corrected chi connectivity index (χ3v) is 2.99. The number of halogens is 1. The third kappa shape index (κ3) is 2.11. The Balaban J connectivity index is 2.27. The Morgan fingerprint density at radius 3 is 2.83 bits per heavy atom. The van der Waals surface area contributed by atoms with E-state index in [2.05, 4.69) is 4.98 Å². The Labute approximate surface area is 102 Å². The maximum atomic E-state index is 13.9. The SMILES string of the molecule is NC(=O)C1CCN(c2nccc(C(=O)O)c2F)C1. The zero-order valence-corrected chi connectivity index (χ0v) is 9.47. The Morgan fingerprint density at radius 1 is 1.56 bits per heavy atom. The highest BCUT2D eigenvalue weighted by molar-refractivity contribution is 5.89. The van der Waals surface area contributed by atoms with Gasteiger partial charge in [0.25, 0.3) is 0 Å². The number of carboxylic acids is 1. The molecule has 0 saturated carbocycles. The van der Waals surface area contributed by atoms with Crippen molar-refractivity contribution in [1.82, 2.24) is 4.98 Å². The summed E-state index contributed by atoms with van der Waals surface area (Å²) < 4.78 is 13.9. The van der Waals surface area contributed by atoms with Gasteiger partial charge in [-0.2, -0.15) is 0 Å². The summed E-state index contributed by atoms with van der Waals surface area (Å²) in [5, 5.41) is 8.81. The van der Waals surface area contributed by atoms with Crippen LogP contribution >= 0.6 is 0 Å². The van der Waals surface area contributed by atoms with Gasteiger partial charge >= 0.3 is 5.97 Å². The molecule has 0 aliphatic carbocycles. The van der Waals surface area contributed by atoms with Crippen LogP contribution in [0.5, 0.6) is 0 Å². The number of pyridine rings is 1. The molecule has 6 nitrogen and oxygen atoms in total. The van der Waals surface area contributed by atoms with E-state index in [0.717, 1.165) is 6.07 Å². The standard InChI is InChI=1S/C11H12FN3O3/c12-8-7(11(17)18)1-3-14-10(8)15-4-2-6(5-15)9(13)16/h1,3,6H,2,4-5H2,(H2,13,16)(H,17,18). The van der Waals surface area contributed by atoms with Crippen molar-refractivity contribution in [1.29, 1.82) is 0 Å². The number of carbonyl (C=O) groups excluding carboxylic acids is 1. The van der Waals surface area contributed by atoms with Crippen molar-refractivity contribution in [2.45, 2.75) is 6.42 Å². The number of rotatable bonds is 3. The molecule has 1 atom stereocenters. The first-order chi connectivity index (χ1) is 8.50. The molecule has 1 aromatic rings. The monoisotopic (exact) mass is 253 g/mol. The molecule has 0 bridgehead atoms. The van der Waals surface area contributed by atoms with Crippen LogP contribution in [0.15, 0.2) is 12.3 Å². The molecule has 1 unspecified atom stereocenters. The molecule has 2 rings (SSSR count). The van der Waals surface area contributed by atoms with Gasteiger partial charge in [-0.1, -0.05) is 0 Å². The topological polar surface area (TPSA) is 96.5 Å². The summed E-state index contributed by atoms with van der Waals surface area (Å²) in [7, 11) is 0. The van der Waals surface area contributed by atoms with Crippen molar-refractivity contribution in [3.8, 4) is 0 Å². The second kappa shape index (κ2) is 4.59. The highest BCUT2D eigenvalue weighted by atomic mass is 19.1. The van der Waals surface area contributed by atoms with Gasteiger partial charge in [0, 0.05) is 19.3 Å². The van der Waals surface area contributed by atoms with E-state index in [9.17, 15) is 14.0 Å². The van der Waals surface area contributed by atoms with Gasteiger partial charge in [-0.15, -0.1) is 0 Å². The molecular formula is C11H12FN3O3. The summed E-state index contributed by atoms with van der Waals surface area (Å²) >= 11 is 0. The normalized spacial score (nSPS) is 18.9. The van der Waals surface area contributed by atoms with Crippen LogP contribution in [-0.4, -0.2) is 35.1 Å². The average molecular weight is 253 g/mol. The predicted molar refractivity (Wildman–Crippen MR) is 60.7 cm³/mol. The number of primary amides is 1. The lowest BCUT2D eigenvalue weighted by Crippen LogP contribution is -2.28. The Bertz CT molecular complexity index is 506. The number of hydrogen-bond donors (Lipinski definition) is 2. The zero-order chi connectivity index (χ0) is 13.3. The van der Waals surface area contributed by atoms with Crippen molar-refractivity contribution in [3.63, 3.8) is 0 Å².